The summed E-state index contributed by atoms with van der Waals surface area (Å²) in [6.45, 7) is 1.67. The number of halogens is 1. The molecule has 1 aromatic rings. The zero-order valence-electron chi connectivity index (χ0n) is 10.4. The number of anilines is 1. The molecule has 1 aliphatic heterocycles. The smallest absolute Gasteiger partial charge is 0.304 e. The van der Waals surface area contributed by atoms with Crippen LogP contribution in [0.2, 0.25) is 0 Å². The number of aliphatic carboxylic acids is 1. The molecule has 1 aliphatic rings. The van der Waals surface area contributed by atoms with Gasteiger partial charge in [-0.25, -0.2) is 0 Å². The van der Waals surface area contributed by atoms with Crippen molar-refractivity contribution in [3.8, 4) is 5.75 Å². The Kier molecular flexibility index (Phi) is 3.95. The van der Waals surface area contributed by atoms with E-state index < -0.39 is 17.5 Å². The van der Waals surface area contributed by atoms with E-state index >= 15 is 0 Å². The molecule has 2 atom stereocenters. The molecule has 6 heteroatoms. The number of amides is 1. The lowest BCUT2D eigenvalue weighted by Gasteiger charge is -2.23. The summed E-state index contributed by atoms with van der Waals surface area (Å²) in [6, 6.07) is 5.33. The Balaban J connectivity index is 2.11. The lowest BCUT2D eigenvalue weighted by Crippen LogP contribution is -2.34. The highest BCUT2D eigenvalue weighted by atomic mass is 35.5. The van der Waals surface area contributed by atoms with E-state index in [1.54, 1.807) is 19.1 Å². The first-order chi connectivity index (χ1) is 8.95. The number of carbonyl (C=O) groups is 2. The van der Waals surface area contributed by atoms with Gasteiger partial charge in [0.2, 0.25) is 0 Å². The number of carboxylic acid groups (broad SMARTS) is 1. The second-order valence-corrected chi connectivity index (χ2v) is 5.10. The number of ether oxygens (including phenoxy) is 1. The number of carboxylic acids is 1. The maximum absolute atomic E-state index is 11.5. The molecule has 2 unspecified atom stereocenters. The van der Waals surface area contributed by atoms with Crippen LogP contribution >= 0.6 is 11.6 Å². The third-order valence-corrected chi connectivity index (χ3v) is 3.14. The van der Waals surface area contributed by atoms with Crippen molar-refractivity contribution in [2.75, 3.05) is 5.32 Å². The van der Waals surface area contributed by atoms with Crippen molar-refractivity contribution in [3.63, 3.8) is 0 Å². The quantitative estimate of drug-likeness (QED) is 0.829. The van der Waals surface area contributed by atoms with Gasteiger partial charge in [-0.15, -0.1) is 11.6 Å². The molecule has 0 radical (unpaired) electrons. The monoisotopic (exact) mass is 283 g/mol. The van der Waals surface area contributed by atoms with Gasteiger partial charge in [0.05, 0.1) is 12.1 Å². The number of rotatable bonds is 4. The van der Waals surface area contributed by atoms with Gasteiger partial charge in [-0.05, 0) is 31.0 Å². The number of hydrogen-bond acceptors (Lipinski definition) is 3. The van der Waals surface area contributed by atoms with Crippen LogP contribution < -0.4 is 10.1 Å². The van der Waals surface area contributed by atoms with Gasteiger partial charge in [-0.2, -0.15) is 0 Å². The normalized spacial score (nSPS) is 19.1. The molecule has 0 saturated heterocycles. The van der Waals surface area contributed by atoms with Crippen LogP contribution in [0.4, 0.5) is 5.69 Å². The van der Waals surface area contributed by atoms with Crippen LogP contribution in [0.5, 0.6) is 5.75 Å². The first-order valence-corrected chi connectivity index (χ1v) is 6.35. The van der Waals surface area contributed by atoms with Crippen molar-refractivity contribution in [2.45, 2.75) is 31.2 Å². The Labute approximate surface area is 115 Å². The van der Waals surface area contributed by atoms with E-state index in [1.165, 1.54) is 0 Å². The Morgan fingerprint density at radius 2 is 2.32 bits per heavy atom. The van der Waals surface area contributed by atoms with Crippen molar-refractivity contribution < 1.29 is 19.4 Å². The van der Waals surface area contributed by atoms with E-state index in [4.69, 9.17) is 21.4 Å². The van der Waals surface area contributed by atoms with Crippen LogP contribution in [-0.2, 0) is 16.0 Å². The molecule has 5 nitrogen and oxygen atoms in total. The molecule has 0 aromatic heterocycles. The fourth-order valence-corrected chi connectivity index (χ4v) is 2.21. The Bertz CT molecular complexity index is 517. The topological polar surface area (TPSA) is 75.6 Å². The summed E-state index contributed by atoms with van der Waals surface area (Å²) in [5.74, 6) is -0.513. The molecule has 1 aromatic carbocycles. The highest BCUT2D eigenvalue weighted by Gasteiger charge is 2.23. The zero-order chi connectivity index (χ0) is 14.0. The van der Waals surface area contributed by atoms with E-state index in [-0.39, 0.29) is 12.3 Å². The molecule has 0 saturated carbocycles. The Morgan fingerprint density at radius 1 is 1.58 bits per heavy atom. The number of alkyl halides is 1. The molecule has 0 fully saturated rings. The van der Waals surface area contributed by atoms with Crippen LogP contribution in [0, 0.1) is 0 Å². The van der Waals surface area contributed by atoms with Gasteiger partial charge in [0, 0.05) is 5.38 Å². The molecule has 2 rings (SSSR count). The van der Waals surface area contributed by atoms with Gasteiger partial charge in [-0.1, -0.05) is 6.07 Å². The van der Waals surface area contributed by atoms with Gasteiger partial charge in [-0.3, -0.25) is 9.59 Å². The SMILES string of the molecule is CC1Oc2ccc(CC(Cl)CC(=O)O)cc2NC1=O. The van der Waals surface area contributed by atoms with Gasteiger partial charge >= 0.3 is 5.97 Å². The predicted molar refractivity (Wildman–Crippen MR) is 70.8 cm³/mol. The molecule has 19 heavy (non-hydrogen) atoms. The molecule has 0 aliphatic carbocycles. The molecule has 2 N–H and O–H groups in total. The van der Waals surface area contributed by atoms with Gasteiger partial charge in [0.25, 0.3) is 5.91 Å². The molecular weight excluding hydrogens is 270 g/mol. The molecule has 1 amide bonds. The van der Waals surface area contributed by atoms with Crippen molar-refractivity contribution in [1.29, 1.82) is 0 Å². The maximum Gasteiger partial charge on any atom is 0.304 e. The summed E-state index contributed by atoms with van der Waals surface area (Å²) in [4.78, 5) is 22.0. The van der Waals surface area contributed by atoms with Crippen LogP contribution in [0.3, 0.4) is 0 Å². The van der Waals surface area contributed by atoms with Gasteiger partial charge in [0.15, 0.2) is 6.10 Å². The minimum absolute atomic E-state index is 0.0987. The predicted octanol–water partition coefficient (Wildman–Crippen LogP) is 2.03. The number of hydrogen-bond donors (Lipinski definition) is 2. The second-order valence-electron chi connectivity index (χ2n) is 4.48. The van der Waals surface area contributed by atoms with Gasteiger partial charge in [0.1, 0.15) is 5.75 Å². The number of fused-ring (bicyclic) bond motifs is 1. The lowest BCUT2D eigenvalue weighted by molar-refractivity contribution is -0.137. The van der Waals surface area contributed by atoms with E-state index in [0.717, 1.165) is 5.56 Å². The van der Waals surface area contributed by atoms with E-state index in [1.807, 2.05) is 6.07 Å². The number of nitrogens with one attached hydrogen (secondary N) is 1. The van der Waals surface area contributed by atoms with Crippen LogP contribution in [0.15, 0.2) is 18.2 Å². The lowest BCUT2D eigenvalue weighted by atomic mass is 10.1. The maximum atomic E-state index is 11.5. The summed E-state index contributed by atoms with van der Waals surface area (Å²) in [5, 5.41) is 10.9. The standard InChI is InChI=1S/C13H14ClNO4/c1-7-13(18)15-10-5-8(2-3-11(10)19-7)4-9(14)6-12(16)17/h2-3,5,7,9H,4,6H2,1H3,(H,15,18)(H,16,17). The highest BCUT2D eigenvalue weighted by Crippen LogP contribution is 2.31. The second kappa shape index (κ2) is 5.48. The average molecular weight is 284 g/mol. The fourth-order valence-electron chi connectivity index (χ4n) is 1.90. The highest BCUT2D eigenvalue weighted by molar-refractivity contribution is 6.21. The van der Waals surface area contributed by atoms with Crippen molar-refractivity contribution >= 4 is 29.2 Å². The van der Waals surface area contributed by atoms with Crippen LogP contribution in [-0.4, -0.2) is 28.5 Å². The number of benzene rings is 1. The third kappa shape index (κ3) is 3.38. The summed E-state index contributed by atoms with van der Waals surface area (Å²) >= 11 is 5.95. The van der Waals surface area contributed by atoms with Crippen molar-refractivity contribution in [3.05, 3.63) is 23.8 Å². The number of carbonyl (C=O) groups excluding carboxylic acids is 1. The first-order valence-electron chi connectivity index (χ1n) is 5.92. The fraction of sp³-hybridized carbons (Fsp3) is 0.385. The Hall–Kier alpha value is -1.75. The largest absolute Gasteiger partial charge is 0.481 e. The van der Waals surface area contributed by atoms with Crippen LogP contribution in [0.1, 0.15) is 18.9 Å². The minimum Gasteiger partial charge on any atom is -0.481 e. The summed E-state index contributed by atoms with van der Waals surface area (Å²) < 4.78 is 5.43. The minimum atomic E-state index is -0.927. The van der Waals surface area contributed by atoms with Crippen LogP contribution in [0.25, 0.3) is 0 Å². The first kappa shape index (κ1) is 13.7. The van der Waals surface area contributed by atoms with E-state index in [9.17, 15) is 9.59 Å². The zero-order valence-corrected chi connectivity index (χ0v) is 11.1. The van der Waals surface area contributed by atoms with Crippen molar-refractivity contribution in [2.24, 2.45) is 0 Å². The molecule has 0 bridgehead atoms. The molecular formula is C13H14ClNO4. The van der Waals surface area contributed by atoms with Crippen molar-refractivity contribution in [1.82, 2.24) is 0 Å². The average Bonchev–Trinajstić information content (AvgIpc) is 2.30. The van der Waals surface area contributed by atoms with E-state index in [2.05, 4.69) is 5.32 Å². The third-order valence-electron chi connectivity index (χ3n) is 2.83. The summed E-state index contributed by atoms with van der Waals surface area (Å²) in [6.07, 6.45) is -0.184. The molecule has 0 spiro atoms. The Morgan fingerprint density at radius 3 is 3.00 bits per heavy atom. The molecule has 102 valence electrons. The van der Waals surface area contributed by atoms with Gasteiger partial charge < -0.3 is 15.2 Å². The summed E-state index contributed by atoms with van der Waals surface area (Å²) in [7, 11) is 0. The molecule has 1 heterocycles. The summed E-state index contributed by atoms with van der Waals surface area (Å²) in [5.41, 5.74) is 1.46. The van der Waals surface area contributed by atoms with E-state index in [0.29, 0.717) is 17.9 Å².